The third kappa shape index (κ3) is 2.59. The molecule has 1 aliphatic heterocycles. The molecule has 2 heteroatoms. The molecule has 0 aliphatic carbocycles. The minimum absolute atomic E-state index is 0.307. The van der Waals surface area contributed by atoms with Crippen molar-refractivity contribution in [3.05, 3.63) is 64.1 Å². The monoisotopic (exact) mass is 302 g/mol. The molecular formula is C16H15BrO. The Bertz CT molecular complexity index is 536. The molecule has 0 aromatic heterocycles. The van der Waals surface area contributed by atoms with Gasteiger partial charge in [0.05, 0.1) is 0 Å². The number of benzene rings is 2. The first-order valence-electron chi connectivity index (χ1n) is 6.30. The van der Waals surface area contributed by atoms with Crippen LogP contribution in [0.3, 0.4) is 0 Å². The minimum atomic E-state index is 0.307. The topological polar surface area (TPSA) is 9.23 Å². The van der Waals surface area contributed by atoms with Crippen LogP contribution in [0, 0.1) is 0 Å². The van der Waals surface area contributed by atoms with Crippen LogP contribution < -0.4 is 4.74 Å². The van der Waals surface area contributed by atoms with Gasteiger partial charge >= 0.3 is 0 Å². The van der Waals surface area contributed by atoms with E-state index in [0.29, 0.717) is 6.10 Å². The highest BCUT2D eigenvalue weighted by molar-refractivity contribution is 9.10. The number of rotatable bonds is 2. The Balaban J connectivity index is 1.73. The second-order valence-electron chi connectivity index (χ2n) is 4.72. The summed E-state index contributed by atoms with van der Waals surface area (Å²) in [4.78, 5) is 0. The Hall–Kier alpha value is -1.28. The lowest BCUT2D eigenvalue weighted by Gasteiger charge is -2.26. The van der Waals surface area contributed by atoms with Crippen LogP contribution in [-0.2, 0) is 12.8 Å². The van der Waals surface area contributed by atoms with Crippen molar-refractivity contribution >= 4 is 15.9 Å². The van der Waals surface area contributed by atoms with E-state index in [2.05, 4.69) is 58.4 Å². The number of ether oxygens (including phenoxy) is 1. The summed E-state index contributed by atoms with van der Waals surface area (Å²) in [7, 11) is 0. The van der Waals surface area contributed by atoms with E-state index >= 15 is 0 Å². The Morgan fingerprint density at radius 3 is 2.78 bits per heavy atom. The quantitative estimate of drug-likeness (QED) is 0.799. The molecule has 0 bridgehead atoms. The lowest BCUT2D eigenvalue weighted by Crippen LogP contribution is -2.24. The van der Waals surface area contributed by atoms with Gasteiger partial charge in [0.15, 0.2) is 0 Å². The molecule has 92 valence electrons. The Morgan fingerprint density at radius 1 is 1.11 bits per heavy atom. The molecule has 3 rings (SSSR count). The maximum atomic E-state index is 6.07. The van der Waals surface area contributed by atoms with E-state index in [1.165, 1.54) is 11.1 Å². The first-order valence-corrected chi connectivity index (χ1v) is 7.09. The van der Waals surface area contributed by atoms with E-state index in [1.807, 2.05) is 6.07 Å². The molecule has 1 aliphatic rings. The molecule has 1 heterocycles. The van der Waals surface area contributed by atoms with Crippen LogP contribution >= 0.6 is 15.9 Å². The van der Waals surface area contributed by atoms with Crippen molar-refractivity contribution in [1.29, 1.82) is 0 Å². The van der Waals surface area contributed by atoms with Gasteiger partial charge in [-0.25, -0.2) is 0 Å². The number of aryl methyl sites for hydroxylation is 1. The summed E-state index contributed by atoms with van der Waals surface area (Å²) in [5, 5.41) is 0. The molecule has 0 saturated carbocycles. The van der Waals surface area contributed by atoms with Crippen LogP contribution in [0.1, 0.15) is 17.5 Å². The molecule has 2 aromatic rings. The van der Waals surface area contributed by atoms with Gasteiger partial charge in [-0.1, -0.05) is 46.3 Å². The van der Waals surface area contributed by atoms with Crippen molar-refractivity contribution in [1.82, 2.24) is 0 Å². The molecule has 2 aromatic carbocycles. The smallest absolute Gasteiger partial charge is 0.123 e. The summed E-state index contributed by atoms with van der Waals surface area (Å²) < 4.78 is 7.20. The average molecular weight is 303 g/mol. The summed E-state index contributed by atoms with van der Waals surface area (Å²) in [6.45, 7) is 0. The maximum absolute atomic E-state index is 6.07. The molecule has 1 nitrogen and oxygen atoms in total. The third-order valence-electron chi connectivity index (χ3n) is 3.36. The fourth-order valence-electron chi connectivity index (χ4n) is 2.43. The fraction of sp³-hybridized carbons (Fsp3) is 0.250. The van der Waals surface area contributed by atoms with Gasteiger partial charge in [-0.3, -0.25) is 0 Å². The largest absolute Gasteiger partial charge is 0.490 e. The molecule has 0 spiro atoms. The standard InChI is InChI=1S/C16H15BrO/c17-14-7-9-16-13(11-14)6-8-15(18-16)10-12-4-2-1-3-5-12/h1-5,7,9,11,15H,6,8,10H2. The SMILES string of the molecule is Brc1ccc2c(c1)CCC(Cc1ccccc1)O2. The van der Waals surface area contributed by atoms with E-state index in [-0.39, 0.29) is 0 Å². The molecule has 1 atom stereocenters. The van der Waals surface area contributed by atoms with Gasteiger partial charge in [-0.15, -0.1) is 0 Å². The molecule has 18 heavy (non-hydrogen) atoms. The lowest BCUT2D eigenvalue weighted by atomic mass is 9.98. The number of fused-ring (bicyclic) bond motifs is 1. The van der Waals surface area contributed by atoms with Gasteiger partial charge in [0.1, 0.15) is 11.9 Å². The summed E-state index contributed by atoms with van der Waals surface area (Å²) in [6, 6.07) is 16.8. The zero-order valence-corrected chi connectivity index (χ0v) is 11.7. The highest BCUT2D eigenvalue weighted by Crippen LogP contribution is 2.31. The van der Waals surface area contributed by atoms with Crippen molar-refractivity contribution in [2.24, 2.45) is 0 Å². The highest BCUT2D eigenvalue weighted by atomic mass is 79.9. The van der Waals surface area contributed by atoms with Crippen LogP contribution in [0.4, 0.5) is 0 Å². The summed E-state index contributed by atoms with van der Waals surface area (Å²) in [5.74, 6) is 1.05. The Kier molecular flexibility index (Phi) is 3.37. The number of halogens is 1. The summed E-state index contributed by atoms with van der Waals surface area (Å²) in [6.07, 6.45) is 3.50. The van der Waals surface area contributed by atoms with Crippen LogP contribution in [0.25, 0.3) is 0 Å². The molecule has 0 saturated heterocycles. The molecule has 0 N–H and O–H groups in total. The van der Waals surface area contributed by atoms with Crippen molar-refractivity contribution < 1.29 is 4.74 Å². The van der Waals surface area contributed by atoms with E-state index < -0.39 is 0 Å². The van der Waals surface area contributed by atoms with E-state index in [1.54, 1.807) is 0 Å². The first kappa shape index (κ1) is 11.8. The van der Waals surface area contributed by atoms with Crippen molar-refractivity contribution in [2.75, 3.05) is 0 Å². The number of hydrogen-bond acceptors (Lipinski definition) is 1. The normalized spacial score (nSPS) is 17.9. The van der Waals surface area contributed by atoms with Crippen LogP contribution in [0.15, 0.2) is 53.0 Å². The van der Waals surface area contributed by atoms with Crippen molar-refractivity contribution in [3.8, 4) is 5.75 Å². The minimum Gasteiger partial charge on any atom is -0.490 e. The van der Waals surface area contributed by atoms with Crippen molar-refractivity contribution in [2.45, 2.75) is 25.4 Å². The first-order chi connectivity index (χ1) is 8.81. The fourth-order valence-corrected chi connectivity index (χ4v) is 2.84. The predicted octanol–water partition coefficient (Wildman–Crippen LogP) is 4.39. The Labute approximate surface area is 116 Å². The van der Waals surface area contributed by atoms with Gasteiger partial charge in [-0.05, 0) is 42.2 Å². The predicted molar refractivity (Wildman–Crippen MR) is 77.0 cm³/mol. The summed E-state index contributed by atoms with van der Waals surface area (Å²) >= 11 is 3.50. The zero-order chi connectivity index (χ0) is 12.4. The third-order valence-corrected chi connectivity index (χ3v) is 3.85. The van der Waals surface area contributed by atoms with Gasteiger partial charge in [0, 0.05) is 10.9 Å². The van der Waals surface area contributed by atoms with E-state index in [0.717, 1.165) is 29.5 Å². The van der Waals surface area contributed by atoms with Crippen LogP contribution in [0.2, 0.25) is 0 Å². The van der Waals surface area contributed by atoms with Gasteiger partial charge < -0.3 is 4.74 Å². The average Bonchev–Trinajstić information content (AvgIpc) is 2.40. The summed E-state index contributed by atoms with van der Waals surface area (Å²) in [5.41, 5.74) is 2.66. The lowest BCUT2D eigenvalue weighted by molar-refractivity contribution is 0.174. The maximum Gasteiger partial charge on any atom is 0.123 e. The van der Waals surface area contributed by atoms with Crippen LogP contribution in [0.5, 0.6) is 5.75 Å². The molecule has 1 unspecified atom stereocenters. The van der Waals surface area contributed by atoms with E-state index in [4.69, 9.17) is 4.74 Å². The van der Waals surface area contributed by atoms with Gasteiger partial charge in [0.25, 0.3) is 0 Å². The van der Waals surface area contributed by atoms with E-state index in [9.17, 15) is 0 Å². The zero-order valence-electron chi connectivity index (χ0n) is 10.1. The Morgan fingerprint density at radius 2 is 1.94 bits per heavy atom. The molecule has 0 amide bonds. The second kappa shape index (κ2) is 5.15. The van der Waals surface area contributed by atoms with Crippen LogP contribution in [-0.4, -0.2) is 6.10 Å². The number of hydrogen-bond donors (Lipinski definition) is 0. The highest BCUT2D eigenvalue weighted by Gasteiger charge is 2.19. The van der Waals surface area contributed by atoms with Gasteiger partial charge in [0.2, 0.25) is 0 Å². The molecular weight excluding hydrogens is 288 g/mol. The molecule has 0 radical (unpaired) electrons. The second-order valence-corrected chi connectivity index (χ2v) is 5.64. The molecule has 0 fully saturated rings. The van der Waals surface area contributed by atoms with Crippen molar-refractivity contribution in [3.63, 3.8) is 0 Å². The van der Waals surface area contributed by atoms with Gasteiger partial charge in [-0.2, -0.15) is 0 Å².